The number of carbonyl (C=O) groups is 3. The van der Waals surface area contributed by atoms with Crippen LogP contribution in [0.5, 0.6) is 5.75 Å². The molecule has 2 amide bonds. The van der Waals surface area contributed by atoms with E-state index in [1.54, 1.807) is 51.1 Å². The zero-order chi connectivity index (χ0) is 22.1. The van der Waals surface area contributed by atoms with Crippen molar-refractivity contribution < 1.29 is 23.9 Å². The molecule has 3 rings (SSSR count). The summed E-state index contributed by atoms with van der Waals surface area (Å²) in [5.74, 6) is -0.922. The van der Waals surface area contributed by atoms with Gasteiger partial charge in [-0.15, -0.1) is 0 Å². The molecule has 0 saturated heterocycles. The van der Waals surface area contributed by atoms with E-state index in [-0.39, 0.29) is 5.91 Å². The SMILES string of the molecule is Cc1cccc(O[C@@H](C)C(=O)O[C@H](C)C(=O)N2c3ccccc3NC(=O)C2(C)C)c1. The van der Waals surface area contributed by atoms with Crippen LogP contribution in [0.25, 0.3) is 0 Å². The number of hydrogen-bond donors (Lipinski definition) is 1. The standard InChI is InChI=1S/C23H26N2O5/c1-14-9-8-10-17(13-14)29-16(3)21(27)30-15(2)20(26)25-19-12-7-6-11-18(19)24-22(28)23(25,4)5/h6-13,15-16H,1-5H3,(H,24,28)/t15-,16+/m1/s1. The van der Waals surface area contributed by atoms with Gasteiger partial charge in [0.25, 0.3) is 5.91 Å². The third-order valence-corrected chi connectivity index (χ3v) is 5.00. The number of nitrogens with zero attached hydrogens (tertiary/aromatic N) is 1. The topological polar surface area (TPSA) is 84.9 Å². The monoisotopic (exact) mass is 410 g/mol. The summed E-state index contributed by atoms with van der Waals surface area (Å²) < 4.78 is 11.0. The Morgan fingerprint density at radius 2 is 1.73 bits per heavy atom. The van der Waals surface area contributed by atoms with Gasteiger partial charge in [0.05, 0.1) is 11.4 Å². The largest absolute Gasteiger partial charge is 0.479 e. The molecule has 0 bridgehead atoms. The van der Waals surface area contributed by atoms with Gasteiger partial charge in [-0.2, -0.15) is 0 Å². The quantitative estimate of drug-likeness (QED) is 0.763. The fraction of sp³-hybridized carbons (Fsp3) is 0.348. The second-order valence-electron chi connectivity index (χ2n) is 7.86. The number of aryl methyl sites for hydroxylation is 1. The summed E-state index contributed by atoms with van der Waals surface area (Å²) in [5.41, 5.74) is 0.945. The van der Waals surface area contributed by atoms with E-state index >= 15 is 0 Å². The number of anilines is 2. The highest BCUT2D eigenvalue weighted by atomic mass is 16.6. The predicted octanol–water partition coefficient (Wildman–Crippen LogP) is 3.46. The van der Waals surface area contributed by atoms with Gasteiger partial charge < -0.3 is 14.8 Å². The smallest absolute Gasteiger partial charge is 0.347 e. The number of rotatable bonds is 5. The van der Waals surface area contributed by atoms with Crippen molar-refractivity contribution in [2.45, 2.75) is 52.4 Å². The van der Waals surface area contributed by atoms with Crippen molar-refractivity contribution in [2.75, 3.05) is 10.2 Å². The third-order valence-electron chi connectivity index (χ3n) is 5.00. The first-order chi connectivity index (χ1) is 14.1. The predicted molar refractivity (Wildman–Crippen MR) is 113 cm³/mol. The Bertz CT molecular complexity index is 985. The van der Waals surface area contributed by atoms with Crippen LogP contribution in [0.3, 0.4) is 0 Å². The van der Waals surface area contributed by atoms with Crippen LogP contribution in [0.15, 0.2) is 48.5 Å². The number of ether oxygens (including phenoxy) is 2. The summed E-state index contributed by atoms with van der Waals surface area (Å²) in [4.78, 5) is 39.6. The van der Waals surface area contributed by atoms with Crippen molar-refractivity contribution in [3.8, 4) is 5.75 Å². The van der Waals surface area contributed by atoms with Crippen molar-refractivity contribution in [1.82, 2.24) is 0 Å². The molecule has 1 N–H and O–H groups in total. The summed E-state index contributed by atoms with van der Waals surface area (Å²) in [7, 11) is 0. The normalized spacial score (nSPS) is 16.7. The molecule has 2 aromatic carbocycles. The highest BCUT2D eigenvalue weighted by Crippen LogP contribution is 2.37. The van der Waals surface area contributed by atoms with E-state index in [4.69, 9.17) is 9.47 Å². The van der Waals surface area contributed by atoms with Crippen LogP contribution < -0.4 is 15.0 Å². The summed E-state index contributed by atoms with van der Waals surface area (Å²) in [6.07, 6.45) is -1.99. The second-order valence-corrected chi connectivity index (χ2v) is 7.86. The molecule has 0 aromatic heterocycles. The summed E-state index contributed by atoms with van der Waals surface area (Å²) >= 11 is 0. The van der Waals surface area contributed by atoms with Gasteiger partial charge in [0, 0.05) is 0 Å². The fourth-order valence-electron chi connectivity index (χ4n) is 3.29. The maximum absolute atomic E-state index is 13.2. The lowest BCUT2D eigenvalue weighted by Crippen LogP contribution is -2.60. The van der Waals surface area contributed by atoms with Gasteiger partial charge in [-0.1, -0.05) is 24.3 Å². The highest BCUT2D eigenvalue weighted by molar-refractivity contribution is 6.15. The van der Waals surface area contributed by atoms with Crippen LogP contribution in [0, 0.1) is 6.92 Å². The van der Waals surface area contributed by atoms with Gasteiger partial charge in [-0.05, 0) is 64.4 Å². The first kappa shape index (κ1) is 21.4. The van der Waals surface area contributed by atoms with Crippen LogP contribution in [0.4, 0.5) is 11.4 Å². The molecule has 0 saturated carbocycles. The Hall–Kier alpha value is -3.35. The first-order valence-corrected chi connectivity index (χ1v) is 9.79. The molecule has 1 aliphatic rings. The number of benzene rings is 2. The zero-order valence-corrected chi connectivity index (χ0v) is 17.8. The molecule has 0 fully saturated rings. The number of esters is 1. The van der Waals surface area contributed by atoms with E-state index in [1.807, 2.05) is 25.1 Å². The van der Waals surface area contributed by atoms with Gasteiger partial charge in [-0.3, -0.25) is 14.5 Å². The van der Waals surface area contributed by atoms with Gasteiger partial charge in [0.2, 0.25) is 5.91 Å². The minimum atomic E-state index is -1.14. The molecule has 0 aliphatic carbocycles. The molecule has 1 aliphatic heterocycles. The molecule has 0 spiro atoms. The molecule has 158 valence electrons. The molecular formula is C23H26N2O5. The van der Waals surface area contributed by atoms with E-state index in [0.717, 1.165) is 5.56 Å². The van der Waals surface area contributed by atoms with E-state index in [9.17, 15) is 14.4 Å². The number of carbonyl (C=O) groups excluding carboxylic acids is 3. The van der Waals surface area contributed by atoms with Gasteiger partial charge >= 0.3 is 5.97 Å². The van der Waals surface area contributed by atoms with Gasteiger partial charge in [0.15, 0.2) is 12.2 Å². The number of nitrogens with one attached hydrogen (secondary N) is 1. The zero-order valence-electron chi connectivity index (χ0n) is 17.8. The van der Waals surface area contributed by atoms with Crippen molar-refractivity contribution in [3.05, 3.63) is 54.1 Å². The molecule has 7 nitrogen and oxygen atoms in total. The lowest BCUT2D eigenvalue weighted by atomic mass is 9.95. The minimum absolute atomic E-state index is 0.316. The van der Waals surface area contributed by atoms with Crippen LogP contribution in [0.2, 0.25) is 0 Å². The molecule has 2 atom stereocenters. The number of fused-ring (bicyclic) bond motifs is 1. The van der Waals surface area contributed by atoms with E-state index < -0.39 is 29.6 Å². The Kier molecular flexibility index (Phi) is 5.82. The van der Waals surface area contributed by atoms with E-state index in [0.29, 0.717) is 17.1 Å². The lowest BCUT2D eigenvalue weighted by molar-refractivity contribution is -0.160. The molecule has 0 radical (unpaired) electrons. The summed E-state index contributed by atoms with van der Waals surface area (Å²) in [5, 5.41) is 2.80. The molecule has 0 unspecified atom stereocenters. The molecule has 2 aromatic rings. The van der Waals surface area contributed by atoms with Crippen LogP contribution in [-0.2, 0) is 19.1 Å². The molecular weight excluding hydrogens is 384 g/mol. The van der Waals surface area contributed by atoms with E-state index in [2.05, 4.69) is 5.32 Å². The number of para-hydroxylation sites is 2. The Balaban J connectivity index is 1.74. The van der Waals surface area contributed by atoms with Crippen molar-refractivity contribution in [1.29, 1.82) is 0 Å². The Labute approximate surface area is 176 Å². The molecule has 7 heteroatoms. The maximum atomic E-state index is 13.2. The number of amides is 2. The fourth-order valence-corrected chi connectivity index (χ4v) is 3.29. The second kappa shape index (κ2) is 8.18. The maximum Gasteiger partial charge on any atom is 0.347 e. The average Bonchev–Trinajstić information content (AvgIpc) is 2.68. The summed E-state index contributed by atoms with van der Waals surface area (Å²) in [6.45, 7) is 8.27. The number of hydrogen-bond acceptors (Lipinski definition) is 5. The van der Waals surface area contributed by atoms with Gasteiger partial charge in [-0.25, -0.2) is 4.79 Å². The third kappa shape index (κ3) is 4.15. The first-order valence-electron chi connectivity index (χ1n) is 9.79. The van der Waals surface area contributed by atoms with Crippen LogP contribution in [0.1, 0.15) is 33.3 Å². The Morgan fingerprint density at radius 3 is 2.43 bits per heavy atom. The van der Waals surface area contributed by atoms with Gasteiger partial charge in [0.1, 0.15) is 11.3 Å². The van der Waals surface area contributed by atoms with Crippen molar-refractivity contribution in [3.63, 3.8) is 0 Å². The average molecular weight is 410 g/mol. The van der Waals surface area contributed by atoms with Crippen molar-refractivity contribution >= 4 is 29.2 Å². The minimum Gasteiger partial charge on any atom is -0.479 e. The van der Waals surface area contributed by atoms with Crippen LogP contribution >= 0.6 is 0 Å². The van der Waals surface area contributed by atoms with E-state index in [1.165, 1.54) is 11.8 Å². The van der Waals surface area contributed by atoms with Crippen LogP contribution in [-0.4, -0.2) is 35.5 Å². The lowest BCUT2D eigenvalue weighted by Gasteiger charge is -2.42. The highest BCUT2D eigenvalue weighted by Gasteiger charge is 2.45. The molecule has 30 heavy (non-hydrogen) atoms. The Morgan fingerprint density at radius 1 is 1.03 bits per heavy atom. The molecule has 1 heterocycles. The van der Waals surface area contributed by atoms with Crippen molar-refractivity contribution in [2.24, 2.45) is 0 Å². The summed E-state index contributed by atoms with van der Waals surface area (Å²) in [6, 6.07) is 14.3.